The molecule has 2 rings (SSSR count). The molecule has 4 nitrogen and oxygen atoms in total. The van der Waals surface area contributed by atoms with Gasteiger partial charge in [0.25, 0.3) is 0 Å². The van der Waals surface area contributed by atoms with Gasteiger partial charge < -0.3 is 9.47 Å². The standard InChI is InChI=1S/C13H14Br2N2O2S/c1-18-7-3-4-10(19-2)8(5-7)12(17-16)11-6-9(14)13(15)20-11/h3-6,12,17H,16H2,1-2H3. The van der Waals surface area contributed by atoms with Crippen LogP contribution >= 0.6 is 43.2 Å². The average molecular weight is 422 g/mol. The normalized spacial score (nSPS) is 12.2. The molecule has 20 heavy (non-hydrogen) atoms. The van der Waals surface area contributed by atoms with Crippen LogP contribution in [0.25, 0.3) is 0 Å². The van der Waals surface area contributed by atoms with Crippen molar-refractivity contribution in [3.63, 3.8) is 0 Å². The molecule has 1 unspecified atom stereocenters. The van der Waals surface area contributed by atoms with Gasteiger partial charge in [0.1, 0.15) is 11.5 Å². The van der Waals surface area contributed by atoms with Crippen molar-refractivity contribution < 1.29 is 9.47 Å². The van der Waals surface area contributed by atoms with Gasteiger partial charge in [-0.1, -0.05) is 0 Å². The fraction of sp³-hybridized carbons (Fsp3) is 0.231. The Morgan fingerprint density at radius 3 is 2.45 bits per heavy atom. The Morgan fingerprint density at radius 1 is 1.20 bits per heavy atom. The van der Waals surface area contributed by atoms with Crippen molar-refractivity contribution in [1.82, 2.24) is 5.43 Å². The summed E-state index contributed by atoms with van der Waals surface area (Å²) in [5, 5.41) is 0. The van der Waals surface area contributed by atoms with E-state index in [1.807, 2.05) is 24.3 Å². The maximum absolute atomic E-state index is 5.74. The Balaban J connectivity index is 2.50. The number of nitrogens with one attached hydrogen (secondary N) is 1. The van der Waals surface area contributed by atoms with Gasteiger partial charge in [-0.25, -0.2) is 5.43 Å². The molecule has 108 valence electrons. The van der Waals surface area contributed by atoms with E-state index in [-0.39, 0.29) is 6.04 Å². The molecule has 0 bridgehead atoms. The summed E-state index contributed by atoms with van der Waals surface area (Å²) in [7, 11) is 3.27. The highest BCUT2D eigenvalue weighted by molar-refractivity contribution is 9.13. The molecule has 1 aromatic heterocycles. The second-order valence-electron chi connectivity index (χ2n) is 3.98. The third-order valence-corrected chi connectivity index (χ3v) is 6.18. The van der Waals surface area contributed by atoms with Crippen LogP contribution in [0.3, 0.4) is 0 Å². The van der Waals surface area contributed by atoms with Gasteiger partial charge in [0.15, 0.2) is 0 Å². The van der Waals surface area contributed by atoms with E-state index in [0.717, 1.165) is 30.2 Å². The van der Waals surface area contributed by atoms with Crippen LogP contribution in [0.2, 0.25) is 0 Å². The summed E-state index contributed by atoms with van der Waals surface area (Å²) >= 11 is 8.59. The maximum Gasteiger partial charge on any atom is 0.124 e. The Labute approximate surface area is 138 Å². The maximum atomic E-state index is 5.74. The fourth-order valence-corrected chi connectivity index (χ4v) is 4.06. The van der Waals surface area contributed by atoms with Gasteiger partial charge in [-0.15, -0.1) is 11.3 Å². The zero-order chi connectivity index (χ0) is 14.7. The molecule has 1 atom stereocenters. The number of hydrazine groups is 1. The molecule has 3 N–H and O–H groups in total. The van der Waals surface area contributed by atoms with E-state index < -0.39 is 0 Å². The van der Waals surface area contributed by atoms with Crippen LogP contribution in [0, 0.1) is 0 Å². The topological polar surface area (TPSA) is 56.5 Å². The Bertz CT molecular complexity index is 585. The number of methoxy groups -OCH3 is 2. The highest BCUT2D eigenvalue weighted by Gasteiger charge is 2.21. The largest absolute Gasteiger partial charge is 0.497 e. The molecule has 0 radical (unpaired) electrons. The minimum Gasteiger partial charge on any atom is -0.497 e. The summed E-state index contributed by atoms with van der Waals surface area (Å²) in [6.07, 6.45) is 0. The molecule has 0 amide bonds. The molecule has 0 spiro atoms. The predicted molar refractivity (Wildman–Crippen MR) is 88.4 cm³/mol. The quantitative estimate of drug-likeness (QED) is 0.568. The molecule has 0 aliphatic rings. The number of benzene rings is 1. The second-order valence-corrected chi connectivity index (χ2v) is 7.23. The van der Waals surface area contributed by atoms with Crippen molar-refractivity contribution in [1.29, 1.82) is 0 Å². The number of nitrogens with two attached hydrogens (primary N) is 1. The molecule has 2 aromatic rings. The predicted octanol–water partition coefficient (Wildman–Crippen LogP) is 3.84. The van der Waals surface area contributed by atoms with E-state index in [1.54, 1.807) is 25.6 Å². The van der Waals surface area contributed by atoms with E-state index in [0.29, 0.717) is 0 Å². The summed E-state index contributed by atoms with van der Waals surface area (Å²) in [6, 6.07) is 7.50. The lowest BCUT2D eigenvalue weighted by Gasteiger charge is -2.18. The first-order valence-corrected chi connectivity index (χ1v) is 8.13. The van der Waals surface area contributed by atoms with Gasteiger partial charge in [0.2, 0.25) is 0 Å². The first-order valence-electron chi connectivity index (χ1n) is 5.73. The van der Waals surface area contributed by atoms with Crippen LogP contribution in [0.4, 0.5) is 0 Å². The first-order chi connectivity index (χ1) is 9.60. The van der Waals surface area contributed by atoms with Crippen LogP contribution in [0.15, 0.2) is 32.5 Å². The molecule has 0 fully saturated rings. The van der Waals surface area contributed by atoms with E-state index >= 15 is 0 Å². The zero-order valence-electron chi connectivity index (χ0n) is 10.9. The lowest BCUT2D eigenvalue weighted by Crippen LogP contribution is -2.28. The minimum atomic E-state index is -0.173. The lowest BCUT2D eigenvalue weighted by atomic mass is 10.0. The SMILES string of the molecule is COc1ccc(OC)c(C(NN)c2cc(Br)c(Br)s2)c1. The van der Waals surface area contributed by atoms with Gasteiger partial charge in [-0.05, 0) is 56.1 Å². The third kappa shape index (κ3) is 3.17. The highest BCUT2D eigenvalue weighted by atomic mass is 79.9. The van der Waals surface area contributed by atoms with Crippen molar-refractivity contribution >= 4 is 43.2 Å². The molecule has 0 saturated carbocycles. The number of ether oxygens (including phenoxy) is 2. The molecular formula is C13H14Br2N2O2S. The summed E-state index contributed by atoms with van der Waals surface area (Å²) in [6.45, 7) is 0. The smallest absolute Gasteiger partial charge is 0.124 e. The van der Waals surface area contributed by atoms with Crippen LogP contribution in [0.5, 0.6) is 11.5 Å². The molecular weight excluding hydrogens is 408 g/mol. The molecule has 1 heterocycles. The highest BCUT2D eigenvalue weighted by Crippen LogP contribution is 2.40. The Morgan fingerprint density at radius 2 is 1.95 bits per heavy atom. The summed E-state index contributed by atoms with van der Waals surface area (Å²) in [5.74, 6) is 7.26. The Hall–Kier alpha value is -0.600. The number of rotatable bonds is 5. The summed E-state index contributed by atoms with van der Waals surface area (Å²) in [5.41, 5.74) is 3.76. The fourth-order valence-electron chi connectivity index (χ4n) is 1.90. The van der Waals surface area contributed by atoms with Gasteiger partial charge in [-0.3, -0.25) is 5.84 Å². The number of hydrogen-bond donors (Lipinski definition) is 2. The van der Waals surface area contributed by atoms with Crippen molar-refractivity contribution in [3.05, 3.63) is 43.0 Å². The van der Waals surface area contributed by atoms with Crippen molar-refractivity contribution in [3.8, 4) is 11.5 Å². The van der Waals surface area contributed by atoms with Gasteiger partial charge in [0.05, 0.1) is 24.0 Å². The molecule has 0 aliphatic carbocycles. The van der Waals surface area contributed by atoms with Crippen molar-refractivity contribution in [2.75, 3.05) is 14.2 Å². The molecule has 1 aromatic carbocycles. The van der Waals surface area contributed by atoms with E-state index in [2.05, 4.69) is 37.3 Å². The van der Waals surface area contributed by atoms with Crippen LogP contribution in [-0.4, -0.2) is 14.2 Å². The van der Waals surface area contributed by atoms with Gasteiger partial charge in [0, 0.05) is 14.9 Å². The first kappa shape index (κ1) is 15.8. The third-order valence-electron chi connectivity index (χ3n) is 2.86. The number of thiophene rings is 1. The molecule has 0 saturated heterocycles. The van der Waals surface area contributed by atoms with Gasteiger partial charge >= 0.3 is 0 Å². The van der Waals surface area contributed by atoms with Crippen LogP contribution in [0.1, 0.15) is 16.5 Å². The van der Waals surface area contributed by atoms with Crippen LogP contribution in [-0.2, 0) is 0 Å². The minimum absolute atomic E-state index is 0.173. The Kier molecular flexibility index (Phi) is 5.45. The van der Waals surface area contributed by atoms with Crippen LogP contribution < -0.4 is 20.7 Å². The van der Waals surface area contributed by atoms with E-state index in [9.17, 15) is 0 Å². The summed E-state index contributed by atoms with van der Waals surface area (Å²) in [4.78, 5) is 1.07. The lowest BCUT2D eigenvalue weighted by molar-refractivity contribution is 0.394. The van der Waals surface area contributed by atoms with Gasteiger partial charge in [-0.2, -0.15) is 0 Å². The average Bonchev–Trinajstić information content (AvgIpc) is 2.79. The van der Waals surface area contributed by atoms with E-state index in [1.165, 1.54) is 0 Å². The molecule has 7 heteroatoms. The van der Waals surface area contributed by atoms with Crippen molar-refractivity contribution in [2.45, 2.75) is 6.04 Å². The zero-order valence-corrected chi connectivity index (χ0v) is 14.9. The molecule has 0 aliphatic heterocycles. The number of halogens is 2. The monoisotopic (exact) mass is 420 g/mol. The second kappa shape index (κ2) is 6.91. The van der Waals surface area contributed by atoms with Crippen molar-refractivity contribution in [2.24, 2.45) is 5.84 Å². The van der Waals surface area contributed by atoms with E-state index in [4.69, 9.17) is 15.3 Å². The summed E-state index contributed by atoms with van der Waals surface area (Å²) < 4.78 is 12.7. The number of hydrogen-bond acceptors (Lipinski definition) is 5.